The number of nitro groups is 1. The number of hydrogen-bond acceptors (Lipinski definition) is 6. The number of hydrogen-bond donors (Lipinski definition) is 1. The van der Waals surface area contributed by atoms with Gasteiger partial charge in [-0.2, -0.15) is 4.31 Å². The summed E-state index contributed by atoms with van der Waals surface area (Å²) < 4.78 is 31.7. The van der Waals surface area contributed by atoms with Gasteiger partial charge in [0.1, 0.15) is 5.69 Å². The van der Waals surface area contributed by atoms with Crippen LogP contribution in [0.15, 0.2) is 23.1 Å². The minimum absolute atomic E-state index is 0.0637. The number of nitrogens with zero attached hydrogens (tertiary/aromatic N) is 2. The van der Waals surface area contributed by atoms with Gasteiger partial charge in [0.2, 0.25) is 10.0 Å². The van der Waals surface area contributed by atoms with Crippen molar-refractivity contribution in [3.63, 3.8) is 0 Å². The zero-order valence-electron chi connectivity index (χ0n) is 13.9. The standard InChI is InChI=1S/C15H23N3O5S/c1-3-12(4-2)16-14-6-5-13(11-15(14)18(19)20)24(21,22)17-7-9-23-10-8-17/h5-6,11-12,16H,3-4,7-10H2,1-2H3. The van der Waals surface area contributed by atoms with Crippen LogP contribution in [0.5, 0.6) is 0 Å². The minimum atomic E-state index is -3.75. The number of rotatable bonds is 7. The van der Waals surface area contributed by atoms with Crippen LogP contribution in [-0.2, 0) is 14.8 Å². The first-order chi connectivity index (χ1) is 11.4. The van der Waals surface area contributed by atoms with Crippen LogP contribution in [0.3, 0.4) is 0 Å². The predicted octanol–water partition coefficient (Wildman–Crippen LogP) is 2.22. The lowest BCUT2D eigenvalue weighted by Crippen LogP contribution is -2.40. The molecule has 24 heavy (non-hydrogen) atoms. The van der Waals surface area contributed by atoms with Gasteiger partial charge in [-0.25, -0.2) is 8.42 Å². The number of benzene rings is 1. The fourth-order valence-electron chi connectivity index (χ4n) is 2.59. The summed E-state index contributed by atoms with van der Waals surface area (Å²) in [5, 5.41) is 14.5. The highest BCUT2D eigenvalue weighted by Gasteiger charge is 2.29. The van der Waals surface area contributed by atoms with E-state index in [1.54, 1.807) is 0 Å². The molecule has 0 radical (unpaired) electrons. The molecule has 1 heterocycles. The molecule has 1 aliphatic heterocycles. The van der Waals surface area contributed by atoms with Crippen molar-refractivity contribution in [3.8, 4) is 0 Å². The topological polar surface area (TPSA) is 102 Å². The van der Waals surface area contributed by atoms with Gasteiger partial charge in [0.25, 0.3) is 5.69 Å². The van der Waals surface area contributed by atoms with Crippen LogP contribution in [0, 0.1) is 10.1 Å². The first-order valence-electron chi connectivity index (χ1n) is 8.03. The van der Waals surface area contributed by atoms with Gasteiger partial charge in [0, 0.05) is 25.2 Å². The molecular weight excluding hydrogens is 334 g/mol. The fraction of sp³-hybridized carbons (Fsp3) is 0.600. The Kier molecular flexibility index (Phi) is 6.14. The molecule has 0 aliphatic carbocycles. The normalized spacial score (nSPS) is 16.3. The molecule has 1 aliphatic rings. The van der Waals surface area contributed by atoms with Gasteiger partial charge >= 0.3 is 0 Å². The molecule has 0 aromatic heterocycles. The molecule has 0 saturated carbocycles. The number of nitrogens with one attached hydrogen (secondary N) is 1. The summed E-state index contributed by atoms with van der Waals surface area (Å²) in [6.45, 7) is 5.15. The third-order valence-electron chi connectivity index (χ3n) is 4.12. The first-order valence-corrected chi connectivity index (χ1v) is 9.47. The van der Waals surface area contributed by atoms with E-state index in [0.717, 1.165) is 18.9 Å². The predicted molar refractivity (Wildman–Crippen MR) is 90.7 cm³/mol. The van der Waals surface area contributed by atoms with E-state index in [0.29, 0.717) is 18.9 Å². The quantitative estimate of drug-likeness (QED) is 0.593. The summed E-state index contributed by atoms with van der Waals surface area (Å²) in [7, 11) is -3.75. The van der Waals surface area contributed by atoms with E-state index in [4.69, 9.17) is 4.74 Å². The fourth-order valence-corrected chi connectivity index (χ4v) is 4.02. The molecule has 1 saturated heterocycles. The summed E-state index contributed by atoms with van der Waals surface area (Å²) in [6.07, 6.45) is 1.64. The summed E-state index contributed by atoms with van der Waals surface area (Å²) in [4.78, 5) is 10.8. The highest BCUT2D eigenvalue weighted by Crippen LogP contribution is 2.30. The third kappa shape index (κ3) is 4.03. The van der Waals surface area contributed by atoms with Crippen molar-refractivity contribution in [1.82, 2.24) is 4.31 Å². The number of sulfonamides is 1. The highest BCUT2D eigenvalue weighted by molar-refractivity contribution is 7.89. The van der Waals surface area contributed by atoms with Crippen molar-refractivity contribution in [2.75, 3.05) is 31.6 Å². The van der Waals surface area contributed by atoms with Gasteiger partial charge < -0.3 is 10.1 Å². The van der Waals surface area contributed by atoms with Crippen molar-refractivity contribution in [2.24, 2.45) is 0 Å². The molecule has 1 aromatic rings. The SMILES string of the molecule is CCC(CC)Nc1ccc(S(=O)(=O)N2CCOCC2)cc1[N+](=O)[O-]. The second kappa shape index (κ2) is 7.91. The zero-order chi connectivity index (χ0) is 17.7. The second-order valence-corrected chi connectivity index (χ2v) is 7.55. The van der Waals surface area contributed by atoms with E-state index in [1.807, 2.05) is 13.8 Å². The monoisotopic (exact) mass is 357 g/mol. The van der Waals surface area contributed by atoms with Crippen molar-refractivity contribution in [1.29, 1.82) is 0 Å². The summed E-state index contributed by atoms with van der Waals surface area (Å²) in [6, 6.07) is 4.13. The van der Waals surface area contributed by atoms with Crippen LogP contribution in [0.4, 0.5) is 11.4 Å². The van der Waals surface area contributed by atoms with E-state index < -0.39 is 14.9 Å². The van der Waals surface area contributed by atoms with E-state index in [9.17, 15) is 18.5 Å². The largest absolute Gasteiger partial charge is 0.379 e. The lowest BCUT2D eigenvalue weighted by Gasteiger charge is -2.26. The van der Waals surface area contributed by atoms with Crippen molar-refractivity contribution in [2.45, 2.75) is 37.6 Å². The Morgan fingerprint density at radius 3 is 2.46 bits per heavy atom. The second-order valence-electron chi connectivity index (χ2n) is 5.61. The molecule has 2 rings (SSSR count). The molecule has 0 bridgehead atoms. The summed E-state index contributed by atoms with van der Waals surface area (Å²) in [5.41, 5.74) is 0.117. The molecule has 8 nitrogen and oxygen atoms in total. The van der Waals surface area contributed by atoms with Crippen LogP contribution in [0.25, 0.3) is 0 Å². The van der Waals surface area contributed by atoms with E-state index in [-0.39, 0.29) is 29.7 Å². The van der Waals surface area contributed by atoms with E-state index in [1.165, 1.54) is 16.4 Å². The van der Waals surface area contributed by atoms with Gasteiger partial charge in [0.15, 0.2) is 0 Å². The molecule has 9 heteroatoms. The Bertz CT molecular complexity index is 682. The average Bonchev–Trinajstić information content (AvgIpc) is 2.60. The lowest BCUT2D eigenvalue weighted by molar-refractivity contribution is -0.384. The van der Waals surface area contributed by atoms with Gasteiger partial charge in [-0.3, -0.25) is 10.1 Å². The number of anilines is 1. The Morgan fingerprint density at radius 1 is 1.29 bits per heavy atom. The smallest absolute Gasteiger partial charge is 0.293 e. The number of ether oxygens (including phenoxy) is 1. The highest BCUT2D eigenvalue weighted by atomic mass is 32.2. The first kappa shape index (κ1) is 18.6. The molecular formula is C15H23N3O5S. The maximum Gasteiger partial charge on any atom is 0.293 e. The third-order valence-corrected chi connectivity index (χ3v) is 6.01. The van der Waals surface area contributed by atoms with E-state index >= 15 is 0 Å². The van der Waals surface area contributed by atoms with Gasteiger partial charge in [-0.05, 0) is 25.0 Å². The van der Waals surface area contributed by atoms with Gasteiger partial charge in [-0.1, -0.05) is 13.8 Å². The van der Waals surface area contributed by atoms with Crippen molar-refractivity contribution in [3.05, 3.63) is 28.3 Å². The van der Waals surface area contributed by atoms with Gasteiger partial charge in [0.05, 0.1) is 23.0 Å². The molecule has 134 valence electrons. The maximum atomic E-state index is 12.6. The molecule has 0 spiro atoms. The van der Waals surface area contributed by atoms with Crippen LogP contribution in [0.2, 0.25) is 0 Å². The molecule has 0 atom stereocenters. The van der Waals surface area contributed by atoms with Crippen LogP contribution in [0.1, 0.15) is 26.7 Å². The molecule has 1 fully saturated rings. The molecule has 0 amide bonds. The minimum Gasteiger partial charge on any atom is -0.379 e. The summed E-state index contributed by atoms with van der Waals surface area (Å²) >= 11 is 0. The van der Waals surface area contributed by atoms with Gasteiger partial charge in [-0.15, -0.1) is 0 Å². The molecule has 1 N–H and O–H groups in total. The Hall–Kier alpha value is -1.71. The van der Waals surface area contributed by atoms with Crippen LogP contribution >= 0.6 is 0 Å². The van der Waals surface area contributed by atoms with Crippen LogP contribution < -0.4 is 5.32 Å². The molecule has 0 unspecified atom stereocenters. The Balaban J connectivity index is 2.35. The van der Waals surface area contributed by atoms with Crippen molar-refractivity contribution >= 4 is 21.4 Å². The number of morpholine rings is 1. The number of nitro benzene ring substituents is 1. The van der Waals surface area contributed by atoms with E-state index in [2.05, 4.69) is 5.32 Å². The maximum absolute atomic E-state index is 12.6. The zero-order valence-corrected chi connectivity index (χ0v) is 14.7. The Morgan fingerprint density at radius 2 is 1.92 bits per heavy atom. The van der Waals surface area contributed by atoms with Crippen molar-refractivity contribution < 1.29 is 18.1 Å². The Labute approximate surface area is 142 Å². The summed E-state index contributed by atoms with van der Waals surface area (Å²) in [5.74, 6) is 0. The van der Waals surface area contributed by atoms with Crippen LogP contribution in [-0.4, -0.2) is 50.0 Å². The lowest BCUT2D eigenvalue weighted by atomic mass is 10.1. The molecule has 1 aromatic carbocycles. The average molecular weight is 357 g/mol.